The monoisotopic (exact) mass is 362 g/mol. The highest BCUT2D eigenvalue weighted by atomic mass is 16.6. The Kier molecular flexibility index (Phi) is 6.20. The lowest BCUT2D eigenvalue weighted by atomic mass is 10.1. The summed E-state index contributed by atoms with van der Waals surface area (Å²) in [4.78, 5) is 18.9. The lowest BCUT2D eigenvalue weighted by Gasteiger charge is -2.27. The van der Waals surface area contributed by atoms with Crippen molar-refractivity contribution in [2.45, 2.75) is 103 Å². The second-order valence-corrected chi connectivity index (χ2v) is 8.77. The second-order valence-electron chi connectivity index (χ2n) is 8.77. The Labute approximate surface area is 157 Å². The molecule has 1 aromatic rings. The van der Waals surface area contributed by atoms with Crippen LogP contribution in [0.2, 0.25) is 0 Å². The zero-order valence-corrected chi connectivity index (χ0v) is 16.6. The lowest BCUT2D eigenvalue weighted by Crippen LogP contribution is -2.36. The molecule has 1 amide bonds. The van der Waals surface area contributed by atoms with E-state index in [0.29, 0.717) is 6.04 Å². The van der Waals surface area contributed by atoms with Gasteiger partial charge in [-0.15, -0.1) is 0 Å². The summed E-state index contributed by atoms with van der Waals surface area (Å²) in [7, 11) is 0. The Morgan fingerprint density at radius 2 is 1.69 bits per heavy atom. The number of nitrogens with zero attached hydrogens (tertiary/aromatic N) is 4. The minimum atomic E-state index is -0.478. The fourth-order valence-electron chi connectivity index (χ4n) is 4.07. The molecule has 2 aliphatic rings. The Bertz CT molecular complexity index is 583. The summed E-state index contributed by atoms with van der Waals surface area (Å²) in [6.07, 6.45) is 13.8. The van der Waals surface area contributed by atoms with E-state index in [-0.39, 0.29) is 12.1 Å². The van der Waals surface area contributed by atoms with Crippen molar-refractivity contribution in [3.05, 3.63) is 12.2 Å². The van der Waals surface area contributed by atoms with Crippen molar-refractivity contribution in [2.24, 2.45) is 0 Å². The second kappa shape index (κ2) is 8.40. The van der Waals surface area contributed by atoms with Gasteiger partial charge >= 0.3 is 6.09 Å². The molecule has 0 aromatic carbocycles. The van der Waals surface area contributed by atoms with Crippen LogP contribution in [0.4, 0.5) is 4.79 Å². The van der Waals surface area contributed by atoms with Crippen LogP contribution in [0.15, 0.2) is 6.33 Å². The molecule has 1 unspecified atom stereocenters. The van der Waals surface area contributed by atoms with Crippen LogP contribution in [0.25, 0.3) is 0 Å². The van der Waals surface area contributed by atoms with Crippen LogP contribution in [0, 0.1) is 0 Å². The molecule has 1 saturated carbocycles. The first-order valence-electron chi connectivity index (χ1n) is 10.3. The number of likely N-dealkylation sites (tertiary alicyclic amines) is 1. The molecule has 1 atom stereocenters. The van der Waals surface area contributed by atoms with E-state index in [2.05, 4.69) is 9.67 Å². The average molecular weight is 363 g/mol. The predicted octanol–water partition coefficient (Wildman–Crippen LogP) is 5.03. The minimum absolute atomic E-state index is 0.0533. The van der Waals surface area contributed by atoms with Gasteiger partial charge in [0.1, 0.15) is 11.9 Å². The standard InChI is InChI=1S/C20H34N4O2/c1-20(2,3)26-19(25)23-14-10-13-17(23)18-21-15-24(22-18)16-11-8-6-4-5-7-9-12-16/h15-17H,4-14H2,1-3H3. The Morgan fingerprint density at radius 3 is 2.35 bits per heavy atom. The van der Waals surface area contributed by atoms with Crippen LogP contribution >= 0.6 is 0 Å². The number of carbonyl (C=O) groups excluding carboxylic acids is 1. The van der Waals surface area contributed by atoms with E-state index in [0.717, 1.165) is 25.2 Å². The minimum Gasteiger partial charge on any atom is -0.444 e. The van der Waals surface area contributed by atoms with E-state index in [1.165, 1.54) is 51.4 Å². The Hall–Kier alpha value is -1.59. The molecule has 0 N–H and O–H groups in total. The maximum absolute atomic E-state index is 12.5. The molecule has 1 aliphatic carbocycles. The fraction of sp³-hybridized carbons (Fsp3) is 0.850. The average Bonchev–Trinajstić information content (AvgIpc) is 3.24. The molecule has 6 heteroatoms. The number of aromatic nitrogens is 3. The van der Waals surface area contributed by atoms with E-state index < -0.39 is 5.60 Å². The highest BCUT2D eigenvalue weighted by Gasteiger charge is 2.35. The predicted molar refractivity (Wildman–Crippen MR) is 101 cm³/mol. The summed E-state index contributed by atoms with van der Waals surface area (Å²) in [5.41, 5.74) is -0.478. The molecule has 146 valence electrons. The maximum Gasteiger partial charge on any atom is 0.410 e. The molecule has 0 spiro atoms. The van der Waals surface area contributed by atoms with Gasteiger partial charge in [0.15, 0.2) is 5.82 Å². The van der Waals surface area contributed by atoms with Crippen molar-refractivity contribution in [1.82, 2.24) is 19.7 Å². The van der Waals surface area contributed by atoms with Crippen LogP contribution in [0.1, 0.15) is 103 Å². The third-order valence-corrected chi connectivity index (χ3v) is 5.40. The van der Waals surface area contributed by atoms with Crippen molar-refractivity contribution < 1.29 is 9.53 Å². The molecule has 3 rings (SSSR count). The topological polar surface area (TPSA) is 60.2 Å². The maximum atomic E-state index is 12.5. The molecule has 1 saturated heterocycles. The van der Waals surface area contributed by atoms with Gasteiger partial charge in [0.05, 0.1) is 12.1 Å². The van der Waals surface area contributed by atoms with Gasteiger partial charge in [0.25, 0.3) is 0 Å². The van der Waals surface area contributed by atoms with Gasteiger partial charge in [-0.25, -0.2) is 14.5 Å². The zero-order valence-electron chi connectivity index (χ0n) is 16.6. The van der Waals surface area contributed by atoms with Gasteiger partial charge in [0, 0.05) is 6.54 Å². The lowest BCUT2D eigenvalue weighted by molar-refractivity contribution is 0.0218. The summed E-state index contributed by atoms with van der Waals surface area (Å²) < 4.78 is 7.63. The van der Waals surface area contributed by atoms with Crippen LogP contribution in [-0.2, 0) is 4.74 Å². The molecule has 0 bridgehead atoms. The van der Waals surface area contributed by atoms with Crippen LogP contribution in [0.5, 0.6) is 0 Å². The largest absolute Gasteiger partial charge is 0.444 e. The van der Waals surface area contributed by atoms with Crippen LogP contribution < -0.4 is 0 Å². The van der Waals surface area contributed by atoms with Gasteiger partial charge in [-0.05, 0) is 46.5 Å². The molecule has 2 fully saturated rings. The van der Waals surface area contributed by atoms with Crippen molar-refractivity contribution in [2.75, 3.05) is 6.54 Å². The van der Waals surface area contributed by atoms with Gasteiger partial charge < -0.3 is 4.74 Å². The van der Waals surface area contributed by atoms with Crippen LogP contribution in [0.3, 0.4) is 0 Å². The first-order valence-corrected chi connectivity index (χ1v) is 10.3. The molecule has 2 heterocycles. The van der Waals surface area contributed by atoms with Crippen molar-refractivity contribution >= 4 is 6.09 Å². The van der Waals surface area contributed by atoms with Crippen molar-refractivity contribution in [1.29, 1.82) is 0 Å². The Morgan fingerprint density at radius 1 is 1.04 bits per heavy atom. The van der Waals surface area contributed by atoms with Gasteiger partial charge in [0.2, 0.25) is 0 Å². The summed E-state index contributed by atoms with van der Waals surface area (Å²) in [6.45, 7) is 6.43. The zero-order chi connectivity index (χ0) is 18.6. The molecule has 6 nitrogen and oxygen atoms in total. The van der Waals surface area contributed by atoms with E-state index in [1.807, 2.05) is 27.1 Å². The number of ether oxygens (including phenoxy) is 1. The number of carbonyl (C=O) groups is 1. The van der Waals surface area contributed by atoms with Crippen molar-refractivity contribution in [3.8, 4) is 0 Å². The number of hydrogen-bond donors (Lipinski definition) is 0. The SMILES string of the molecule is CC(C)(C)OC(=O)N1CCCC1c1ncn(C2CCCCCCCC2)n1. The molecule has 1 aliphatic heterocycles. The van der Waals surface area contributed by atoms with Gasteiger partial charge in [-0.2, -0.15) is 5.10 Å². The summed E-state index contributed by atoms with van der Waals surface area (Å²) in [5.74, 6) is 0.772. The number of hydrogen-bond acceptors (Lipinski definition) is 4. The smallest absolute Gasteiger partial charge is 0.410 e. The van der Waals surface area contributed by atoms with E-state index in [4.69, 9.17) is 9.84 Å². The summed E-state index contributed by atoms with van der Waals surface area (Å²) in [6, 6.07) is 0.396. The molecule has 0 radical (unpaired) electrons. The summed E-state index contributed by atoms with van der Waals surface area (Å²) in [5, 5.41) is 4.80. The normalized spacial score (nSPS) is 23.3. The van der Waals surface area contributed by atoms with E-state index in [1.54, 1.807) is 4.90 Å². The highest BCUT2D eigenvalue weighted by molar-refractivity contribution is 5.69. The molecular formula is C20H34N4O2. The highest BCUT2D eigenvalue weighted by Crippen LogP contribution is 2.32. The molecule has 1 aromatic heterocycles. The molecular weight excluding hydrogens is 328 g/mol. The van der Waals surface area contributed by atoms with E-state index in [9.17, 15) is 4.79 Å². The number of amides is 1. The van der Waals surface area contributed by atoms with Gasteiger partial charge in [-0.3, -0.25) is 4.90 Å². The van der Waals surface area contributed by atoms with Crippen molar-refractivity contribution in [3.63, 3.8) is 0 Å². The van der Waals surface area contributed by atoms with Gasteiger partial charge in [-0.1, -0.05) is 38.5 Å². The first kappa shape index (κ1) is 19.2. The fourth-order valence-corrected chi connectivity index (χ4v) is 4.07. The first-order chi connectivity index (χ1) is 12.4. The van der Waals surface area contributed by atoms with E-state index >= 15 is 0 Å². The third-order valence-electron chi connectivity index (χ3n) is 5.40. The Balaban J connectivity index is 1.68. The quantitative estimate of drug-likeness (QED) is 0.740. The molecule has 26 heavy (non-hydrogen) atoms. The summed E-state index contributed by atoms with van der Waals surface area (Å²) >= 11 is 0. The number of rotatable bonds is 2. The third kappa shape index (κ3) is 4.98. The van der Waals surface area contributed by atoms with Crippen LogP contribution in [-0.4, -0.2) is 37.9 Å².